The normalized spacial score (nSPS) is 11.4. The Morgan fingerprint density at radius 2 is 1.08 bits per heavy atom. The maximum atomic E-state index is 11.8. The van der Waals surface area contributed by atoms with Gasteiger partial charge in [-0.2, -0.15) is 0 Å². The second-order valence-electron chi connectivity index (χ2n) is 7.17. The average Bonchev–Trinajstić information content (AvgIpc) is 2.58. The van der Waals surface area contributed by atoms with Gasteiger partial charge in [-0.1, -0.05) is 97.5 Å². The first-order chi connectivity index (χ1) is 11.9. The average molecular weight is 353 g/mol. The molecule has 25 heavy (non-hydrogen) atoms. The van der Waals surface area contributed by atoms with E-state index in [1.165, 1.54) is 12.8 Å². The van der Waals surface area contributed by atoms with E-state index in [1.807, 2.05) is 0 Å². The minimum Gasteiger partial charge on any atom is -0.549 e. The largest absolute Gasteiger partial charge is 0.549 e. The zero-order valence-electron chi connectivity index (χ0n) is 16.2. The van der Waals surface area contributed by atoms with Gasteiger partial charge in [-0.25, -0.2) is 0 Å². The molecule has 4 heteroatoms. The Labute approximate surface area is 153 Å². The van der Waals surface area contributed by atoms with E-state index in [0.717, 1.165) is 51.4 Å². The monoisotopic (exact) mass is 352 g/mol. The Hall–Kier alpha value is -1.32. The lowest BCUT2D eigenvalue weighted by Crippen LogP contribution is -2.47. The van der Waals surface area contributed by atoms with Crippen molar-refractivity contribution < 1.29 is 19.8 Å². The number of hydrogen-bond acceptors (Lipinski definition) is 4. The van der Waals surface area contributed by atoms with E-state index in [-0.39, 0.29) is 18.4 Å². The smallest absolute Gasteiger partial charge is 0.0678 e. The minimum absolute atomic E-state index is 0.281. The van der Waals surface area contributed by atoms with Gasteiger partial charge >= 0.3 is 0 Å². The van der Waals surface area contributed by atoms with E-state index < -0.39 is 17.4 Å². The van der Waals surface area contributed by atoms with Gasteiger partial charge in [0, 0.05) is 5.41 Å². The van der Waals surface area contributed by atoms with E-state index in [1.54, 1.807) is 0 Å². The molecule has 0 saturated heterocycles. The van der Waals surface area contributed by atoms with Crippen LogP contribution in [-0.4, -0.2) is 11.9 Å². The molecule has 0 aliphatic heterocycles. The lowest BCUT2D eigenvalue weighted by Gasteiger charge is -2.37. The van der Waals surface area contributed by atoms with Crippen molar-refractivity contribution in [1.29, 1.82) is 0 Å². The highest BCUT2D eigenvalue weighted by atomic mass is 16.4. The molecule has 0 aliphatic rings. The third-order valence-electron chi connectivity index (χ3n) is 5.13. The molecule has 146 valence electrons. The number of hydrogen-bond donors (Lipinski definition) is 0. The SMILES string of the molecule is C=C(C(=O)[O-])C(CCCCCCCC)(CCCCCCCC)C(=O)[O-]. The molecular formula is C21H36O4-2. The van der Waals surface area contributed by atoms with E-state index in [0.29, 0.717) is 12.8 Å². The Morgan fingerprint density at radius 1 is 0.720 bits per heavy atom. The lowest BCUT2D eigenvalue weighted by atomic mass is 9.72. The standard InChI is InChI=1S/C21H38O4/c1-4-6-8-10-12-14-16-21(20(24)25,18(3)19(22)23)17-15-13-11-9-7-5-2/h3-17H2,1-2H3,(H,22,23)(H,24,25)/p-2. The van der Waals surface area contributed by atoms with Crippen molar-refractivity contribution in [2.75, 3.05) is 0 Å². The Balaban J connectivity index is 4.69. The second-order valence-corrected chi connectivity index (χ2v) is 7.17. The third kappa shape index (κ3) is 9.08. The zero-order chi connectivity index (χ0) is 19.1. The van der Waals surface area contributed by atoms with Crippen LogP contribution in [0.2, 0.25) is 0 Å². The maximum Gasteiger partial charge on any atom is 0.0678 e. The van der Waals surface area contributed by atoms with Gasteiger partial charge in [0.25, 0.3) is 0 Å². The number of carbonyl (C=O) groups excluding carboxylic acids is 2. The fourth-order valence-electron chi connectivity index (χ4n) is 3.36. The van der Waals surface area contributed by atoms with Crippen LogP contribution in [0.3, 0.4) is 0 Å². The molecule has 0 spiro atoms. The van der Waals surface area contributed by atoms with Crippen molar-refractivity contribution >= 4 is 11.9 Å². The first kappa shape index (κ1) is 23.7. The minimum atomic E-state index is -1.48. The molecule has 0 amide bonds. The quantitative estimate of drug-likeness (QED) is 0.296. The van der Waals surface area contributed by atoms with Crippen LogP contribution in [0.15, 0.2) is 12.2 Å². The molecule has 0 aliphatic carbocycles. The van der Waals surface area contributed by atoms with Crippen LogP contribution < -0.4 is 10.2 Å². The van der Waals surface area contributed by atoms with Gasteiger partial charge in [0.15, 0.2) is 0 Å². The Kier molecular flexibility index (Phi) is 13.2. The fourth-order valence-corrected chi connectivity index (χ4v) is 3.36. The van der Waals surface area contributed by atoms with Crippen molar-refractivity contribution in [2.24, 2.45) is 5.41 Å². The molecule has 0 heterocycles. The van der Waals surface area contributed by atoms with Crippen molar-refractivity contribution in [3.05, 3.63) is 12.2 Å². The number of unbranched alkanes of at least 4 members (excludes halogenated alkanes) is 10. The highest BCUT2D eigenvalue weighted by Crippen LogP contribution is 2.38. The van der Waals surface area contributed by atoms with Gasteiger partial charge in [0.05, 0.1) is 11.9 Å². The summed E-state index contributed by atoms with van der Waals surface area (Å²) < 4.78 is 0. The zero-order valence-corrected chi connectivity index (χ0v) is 16.2. The molecule has 0 fully saturated rings. The molecule has 0 aromatic carbocycles. The first-order valence-electron chi connectivity index (χ1n) is 10.0. The molecule has 0 aromatic heterocycles. The summed E-state index contributed by atoms with van der Waals surface area (Å²) in [6.07, 6.45) is 12.8. The van der Waals surface area contributed by atoms with Gasteiger partial charge < -0.3 is 19.8 Å². The van der Waals surface area contributed by atoms with E-state index in [9.17, 15) is 19.8 Å². The molecule has 4 nitrogen and oxygen atoms in total. The lowest BCUT2D eigenvalue weighted by molar-refractivity contribution is -0.322. The number of carboxylic acid groups (broad SMARTS) is 2. The van der Waals surface area contributed by atoms with Crippen molar-refractivity contribution in [2.45, 2.75) is 104 Å². The molecule has 0 saturated carbocycles. The first-order valence-corrected chi connectivity index (χ1v) is 10.0. The maximum absolute atomic E-state index is 11.8. The summed E-state index contributed by atoms with van der Waals surface area (Å²) in [6.45, 7) is 7.81. The predicted octanol–water partition coefficient (Wildman–Crippen LogP) is 3.53. The summed E-state index contributed by atoms with van der Waals surface area (Å²) in [5, 5.41) is 23.1. The van der Waals surface area contributed by atoms with E-state index >= 15 is 0 Å². The van der Waals surface area contributed by atoms with Crippen LogP contribution in [0.1, 0.15) is 104 Å². The number of carboxylic acids is 2. The molecule has 0 radical (unpaired) electrons. The molecule has 0 N–H and O–H groups in total. The second kappa shape index (κ2) is 13.9. The van der Waals surface area contributed by atoms with Gasteiger partial charge in [0.1, 0.15) is 0 Å². The predicted molar refractivity (Wildman–Crippen MR) is 97.6 cm³/mol. The van der Waals surface area contributed by atoms with E-state index in [4.69, 9.17) is 0 Å². The summed E-state index contributed by atoms with van der Waals surface area (Å²) in [4.78, 5) is 23.1. The topological polar surface area (TPSA) is 80.3 Å². The molecule has 0 atom stereocenters. The molecular weight excluding hydrogens is 316 g/mol. The van der Waals surface area contributed by atoms with Crippen molar-refractivity contribution in [1.82, 2.24) is 0 Å². The Bertz CT molecular complexity index is 385. The molecule has 0 aromatic rings. The van der Waals surface area contributed by atoms with Gasteiger partial charge in [-0.15, -0.1) is 0 Å². The third-order valence-corrected chi connectivity index (χ3v) is 5.13. The summed E-state index contributed by atoms with van der Waals surface area (Å²) >= 11 is 0. The summed E-state index contributed by atoms with van der Waals surface area (Å²) in [7, 11) is 0. The van der Waals surface area contributed by atoms with Crippen LogP contribution in [0.25, 0.3) is 0 Å². The molecule has 0 unspecified atom stereocenters. The number of aliphatic carboxylic acids is 2. The van der Waals surface area contributed by atoms with E-state index in [2.05, 4.69) is 20.4 Å². The Morgan fingerprint density at radius 3 is 1.40 bits per heavy atom. The van der Waals surface area contributed by atoms with Gasteiger partial charge in [-0.05, 0) is 18.4 Å². The number of rotatable bonds is 17. The van der Waals surface area contributed by atoms with Gasteiger partial charge in [-0.3, -0.25) is 0 Å². The summed E-state index contributed by atoms with van der Waals surface area (Å²) in [5.74, 6) is -2.79. The molecule has 0 rings (SSSR count). The van der Waals surface area contributed by atoms with Crippen LogP contribution in [-0.2, 0) is 9.59 Å². The van der Waals surface area contributed by atoms with Crippen LogP contribution in [0.5, 0.6) is 0 Å². The molecule has 0 bridgehead atoms. The van der Waals surface area contributed by atoms with Crippen molar-refractivity contribution in [3.63, 3.8) is 0 Å². The highest BCUT2D eigenvalue weighted by molar-refractivity contribution is 5.94. The summed E-state index contributed by atoms with van der Waals surface area (Å²) in [5.41, 5.74) is -1.80. The van der Waals surface area contributed by atoms with Crippen LogP contribution in [0.4, 0.5) is 0 Å². The summed E-state index contributed by atoms with van der Waals surface area (Å²) in [6, 6.07) is 0. The fraction of sp³-hybridized carbons (Fsp3) is 0.810. The van der Waals surface area contributed by atoms with Crippen LogP contribution in [0, 0.1) is 5.41 Å². The van der Waals surface area contributed by atoms with Crippen LogP contribution >= 0.6 is 0 Å². The van der Waals surface area contributed by atoms with Crippen molar-refractivity contribution in [3.8, 4) is 0 Å². The van der Waals surface area contributed by atoms with Gasteiger partial charge in [0.2, 0.25) is 0 Å². The number of carbonyl (C=O) groups is 2. The highest BCUT2D eigenvalue weighted by Gasteiger charge is 2.34.